The highest BCUT2D eigenvalue weighted by Gasteiger charge is 2.27. The van der Waals surface area contributed by atoms with Crippen molar-refractivity contribution in [2.24, 2.45) is 0 Å². The van der Waals surface area contributed by atoms with Gasteiger partial charge in [-0.25, -0.2) is 4.68 Å². The summed E-state index contributed by atoms with van der Waals surface area (Å²) in [6, 6.07) is 0.572. The summed E-state index contributed by atoms with van der Waals surface area (Å²) in [4.78, 5) is 0. The minimum absolute atomic E-state index is 0.125. The van der Waals surface area contributed by atoms with Gasteiger partial charge in [0.1, 0.15) is 0 Å². The van der Waals surface area contributed by atoms with E-state index in [4.69, 9.17) is 0 Å². The minimum atomic E-state index is -0.257. The number of nitrogens with one attached hydrogen (secondary N) is 1. The summed E-state index contributed by atoms with van der Waals surface area (Å²) in [5, 5.41) is 21.3. The maximum Gasteiger partial charge on any atom is 0.0965 e. The Hall–Kier alpha value is -0.940. The Labute approximate surface area is 95.8 Å². The minimum Gasteiger partial charge on any atom is -0.391 e. The monoisotopic (exact) mass is 224 g/mol. The van der Waals surface area contributed by atoms with Crippen LogP contribution in [0.3, 0.4) is 0 Å². The van der Waals surface area contributed by atoms with Crippen LogP contribution in [0, 0.1) is 0 Å². The van der Waals surface area contributed by atoms with Gasteiger partial charge in [0.15, 0.2) is 0 Å². The zero-order chi connectivity index (χ0) is 11.5. The van der Waals surface area contributed by atoms with Crippen LogP contribution in [0.1, 0.15) is 44.8 Å². The van der Waals surface area contributed by atoms with Crippen LogP contribution in [-0.4, -0.2) is 32.2 Å². The number of nitrogens with zero attached hydrogens (tertiary/aromatic N) is 3. The summed E-state index contributed by atoms with van der Waals surface area (Å²) in [7, 11) is 0. The Balaban J connectivity index is 1.96. The van der Waals surface area contributed by atoms with Gasteiger partial charge in [-0.1, -0.05) is 19.1 Å². The lowest BCUT2D eigenvalue weighted by atomic mass is 10.2. The van der Waals surface area contributed by atoms with E-state index >= 15 is 0 Å². The van der Waals surface area contributed by atoms with Crippen LogP contribution < -0.4 is 5.32 Å². The van der Waals surface area contributed by atoms with Gasteiger partial charge in [0.25, 0.3) is 0 Å². The fourth-order valence-corrected chi connectivity index (χ4v) is 2.09. The van der Waals surface area contributed by atoms with Crippen molar-refractivity contribution in [1.82, 2.24) is 20.3 Å². The van der Waals surface area contributed by atoms with Crippen LogP contribution >= 0.6 is 0 Å². The summed E-state index contributed by atoms with van der Waals surface area (Å²) >= 11 is 0. The van der Waals surface area contributed by atoms with E-state index in [-0.39, 0.29) is 12.1 Å². The molecule has 1 aromatic rings. The van der Waals surface area contributed by atoms with Gasteiger partial charge in [0.05, 0.1) is 24.0 Å². The predicted octanol–water partition coefficient (Wildman–Crippen LogP) is 0.862. The summed E-state index contributed by atoms with van der Waals surface area (Å²) in [6.45, 7) is 4.94. The third-order valence-electron chi connectivity index (χ3n) is 3.03. The molecular weight excluding hydrogens is 204 g/mol. The maximum atomic E-state index is 9.77. The second-order valence-electron chi connectivity index (χ2n) is 4.79. The molecule has 1 fully saturated rings. The Bertz CT molecular complexity index is 336. The van der Waals surface area contributed by atoms with E-state index in [2.05, 4.69) is 29.5 Å². The molecule has 1 aliphatic carbocycles. The van der Waals surface area contributed by atoms with Crippen molar-refractivity contribution in [3.8, 4) is 0 Å². The van der Waals surface area contributed by atoms with Crippen LogP contribution in [0.5, 0.6) is 0 Å². The first-order valence-corrected chi connectivity index (χ1v) is 5.99. The molecule has 90 valence electrons. The SMILES string of the molecule is CC(C)NCc1cn(C2CCCC2O)nn1. The molecule has 0 aliphatic heterocycles. The van der Waals surface area contributed by atoms with Gasteiger partial charge in [0.2, 0.25) is 0 Å². The van der Waals surface area contributed by atoms with Gasteiger partial charge in [0, 0.05) is 12.6 Å². The molecule has 0 aromatic carbocycles. The van der Waals surface area contributed by atoms with Crippen LogP contribution in [0.15, 0.2) is 6.20 Å². The van der Waals surface area contributed by atoms with Gasteiger partial charge in [-0.2, -0.15) is 0 Å². The average Bonchev–Trinajstić information content (AvgIpc) is 2.83. The van der Waals surface area contributed by atoms with E-state index in [0.29, 0.717) is 6.04 Å². The molecule has 2 N–H and O–H groups in total. The smallest absolute Gasteiger partial charge is 0.0965 e. The normalized spacial score (nSPS) is 25.5. The highest BCUT2D eigenvalue weighted by Crippen LogP contribution is 2.29. The molecule has 0 radical (unpaired) electrons. The first-order chi connectivity index (χ1) is 7.66. The van der Waals surface area contributed by atoms with Crippen molar-refractivity contribution in [1.29, 1.82) is 0 Å². The zero-order valence-electron chi connectivity index (χ0n) is 9.93. The third-order valence-corrected chi connectivity index (χ3v) is 3.03. The number of aromatic nitrogens is 3. The first kappa shape index (κ1) is 11.5. The number of rotatable bonds is 4. The van der Waals surface area contributed by atoms with E-state index < -0.39 is 0 Å². The van der Waals surface area contributed by atoms with Crippen LogP contribution in [0.2, 0.25) is 0 Å². The van der Waals surface area contributed by atoms with E-state index in [1.165, 1.54) is 0 Å². The Kier molecular flexibility index (Phi) is 3.56. The lowest BCUT2D eigenvalue weighted by Gasteiger charge is -2.13. The topological polar surface area (TPSA) is 63.0 Å². The standard InChI is InChI=1S/C11H20N4O/c1-8(2)12-6-9-7-15(14-13-9)10-4-3-5-11(10)16/h7-8,10-12,16H,3-6H2,1-2H3. The van der Waals surface area contributed by atoms with Crippen molar-refractivity contribution in [3.63, 3.8) is 0 Å². The van der Waals surface area contributed by atoms with Gasteiger partial charge in [-0.05, 0) is 19.3 Å². The molecule has 1 heterocycles. The highest BCUT2D eigenvalue weighted by atomic mass is 16.3. The van der Waals surface area contributed by atoms with Gasteiger partial charge < -0.3 is 10.4 Å². The fraction of sp³-hybridized carbons (Fsp3) is 0.818. The molecule has 0 saturated heterocycles. The number of hydrogen-bond acceptors (Lipinski definition) is 4. The Morgan fingerprint density at radius 2 is 2.38 bits per heavy atom. The average molecular weight is 224 g/mol. The lowest BCUT2D eigenvalue weighted by Crippen LogP contribution is -2.22. The largest absolute Gasteiger partial charge is 0.391 e. The first-order valence-electron chi connectivity index (χ1n) is 5.99. The summed E-state index contributed by atoms with van der Waals surface area (Å²) in [6.07, 6.45) is 4.64. The third kappa shape index (κ3) is 2.59. The summed E-state index contributed by atoms with van der Waals surface area (Å²) < 4.78 is 1.81. The molecule has 2 atom stereocenters. The second-order valence-corrected chi connectivity index (χ2v) is 4.79. The van der Waals surface area contributed by atoms with E-state index in [9.17, 15) is 5.11 Å². The molecule has 2 rings (SSSR count). The molecule has 5 nitrogen and oxygen atoms in total. The van der Waals surface area contributed by atoms with Crippen LogP contribution in [0.4, 0.5) is 0 Å². The van der Waals surface area contributed by atoms with Gasteiger partial charge in [-0.15, -0.1) is 5.10 Å². The number of aliphatic hydroxyl groups excluding tert-OH is 1. The number of aliphatic hydroxyl groups is 1. The van der Waals surface area contributed by atoms with Crippen molar-refractivity contribution < 1.29 is 5.11 Å². The van der Waals surface area contributed by atoms with Crippen LogP contribution in [-0.2, 0) is 6.54 Å². The van der Waals surface area contributed by atoms with Crippen LogP contribution in [0.25, 0.3) is 0 Å². The molecule has 1 aliphatic rings. The fourth-order valence-electron chi connectivity index (χ4n) is 2.09. The molecular formula is C11H20N4O. The number of hydrogen-bond donors (Lipinski definition) is 2. The van der Waals surface area contributed by atoms with Crippen molar-refractivity contribution in [2.45, 2.75) is 57.8 Å². The van der Waals surface area contributed by atoms with Crippen molar-refractivity contribution in [2.75, 3.05) is 0 Å². The lowest BCUT2D eigenvalue weighted by molar-refractivity contribution is 0.129. The van der Waals surface area contributed by atoms with Gasteiger partial charge in [-0.3, -0.25) is 0 Å². The van der Waals surface area contributed by atoms with Crippen molar-refractivity contribution >= 4 is 0 Å². The van der Waals surface area contributed by atoms with Crippen molar-refractivity contribution in [3.05, 3.63) is 11.9 Å². The zero-order valence-corrected chi connectivity index (χ0v) is 9.93. The molecule has 0 spiro atoms. The van der Waals surface area contributed by atoms with E-state index in [0.717, 1.165) is 31.5 Å². The molecule has 1 aromatic heterocycles. The second kappa shape index (κ2) is 4.93. The predicted molar refractivity (Wildman–Crippen MR) is 60.9 cm³/mol. The highest BCUT2D eigenvalue weighted by molar-refractivity contribution is 4.95. The summed E-state index contributed by atoms with van der Waals surface area (Å²) in [5.41, 5.74) is 0.938. The quantitative estimate of drug-likeness (QED) is 0.796. The molecule has 16 heavy (non-hydrogen) atoms. The molecule has 1 saturated carbocycles. The Morgan fingerprint density at radius 1 is 1.56 bits per heavy atom. The Morgan fingerprint density at radius 3 is 3.00 bits per heavy atom. The van der Waals surface area contributed by atoms with Gasteiger partial charge >= 0.3 is 0 Å². The van der Waals surface area contributed by atoms with E-state index in [1.807, 2.05) is 10.9 Å². The molecule has 5 heteroatoms. The maximum absolute atomic E-state index is 9.77. The molecule has 2 unspecified atom stereocenters. The van der Waals surface area contributed by atoms with E-state index in [1.54, 1.807) is 0 Å². The molecule has 0 bridgehead atoms. The molecule has 0 amide bonds. The summed E-state index contributed by atoms with van der Waals surface area (Å²) in [5.74, 6) is 0.